The second-order valence-electron chi connectivity index (χ2n) is 3.57. The largest absolute Gasteiger partial charge is 0.334 e. The normalized spacial score (nSPS) is 15.1. The lowest BCUT2D eigenvalue weighted by Gasteiger charge is -2.10. The van der Waals surface area contributed by atoms with Gasteiger partial charge in [0, 0.05) is 47.8 Å². The summed E-state index contributed by atoms with van der Waals surface area (Å²) in [6.45, 7) is 6.51. The Kier molecular flexibility index (Phi) is 4.98. The van der Waals surface area contributed by atoms with Gasteiger partial charge in [-0.25, -0.2) is 4.98 Å². The van der Waals surface area contributed by atoms with Crippen molar-refractivity contribution in [2.75, 3.05) is 12.8 Å². The van der Waals surface area contributed by atoms with Crippen molar-refractivity contribution < 1.29 is 4.21 Å². The summed E-state index contributed by atoms with van der Waals surface area (Å²) in [7, 11) is -0.755. The maximum Gasteiger partial charge on any atom is 0.122 e. The molecule has 4 nitrogen and oxygen atoms in total. The van der Waals surface area contributed by atoms with Crippen LogP contribution in [0.5, 0.6) is 0 Å². The third-order valence-electron chi connectivity index (χ3n) is 2.42. The van der Waals surface area contributed by atoms with Crippen molar-refractivity contribution in [1.82, 2.24) is 14.9 Å². The Morgan fingerprint density at radius 3 is 3.00 bits per heavy atom. The van der Waals surface area contributed by atoms with Gasteiger partial charge in [-0.1, -0.05) is 0 Å². The molecule has 0 spiro atoms. The van der Waals surface area contributed by atoms with Crippen molar-refractivity contribution in [2.24, 2.45) is 0 Å². The minimum Gasteiger partial charge on any atom is -0.334 e. The standard InChI is InChI=1S/C10H19N3OS/c1-4-13-6-5-12-10(13)8-11-7-9(2)15(3)14/h5-6,9,11H,4,7-8H2,1-3H3. The first-order chi connectivity index (χ1) is 7.15. The number of nitrogens with zero attached hydrogens (tertiary/aromatic N) is 2. The van der Waals surface area contributed by atoms with Crippen LogP contribution >= 0.6 is 0 Å². The van der Waals surface area contributed by atoms with E-state index < -0.39 is 10.8 Å². The number of aromatic nitrogens is 2. The lowest BCUT2D eigenvalue weighted by atomic mass is 10.4. The molecule has 0 saturated heterocycles. The monoisotopic (exact) mass is 229 g/mol. The van der Waals surface area contributed by atoms with Crippen molar-refractivity contribution in [3.8, 4) is 0 Å². The number of hydrogen-bond acceptors (Lipinski definition) is 3. The van der Waals surface area contributed by atoms with E-state index in [1.54, 1.807) is 6.26 Å². The molecule has 0 aliphatic heterocycles. The molecule has 1 aromatic heterocycles. The van der Waals surface area contributed by atoms with Gasteiger partial charge in [-0.3, -0.25) is 4.21 Å². The van der Waals surface area contributed by atoms with Gasteiger partial charge >= 0.3 is 0 Å². The van der Waals surface area contributed by atoms with E-state index in [9.17, 15) is 4.21 Å². The van der Waals surface area contributed by atoms with Crippen LogP contribution in [0.2, 0.25) is 0 Å². The molecule has 5 heteroatoms. The van der Waals surface area contributed by atoms with E-state index in [-0.39, 0.29) is 5.25 Å². The minimum atomic E-state index is -0.755. The average Bonchev–Trinajstić information content (AvgIpc) is 2.65. The fourth-order valence-corrected chi connectivity index (χ4v) is 1.65. The summed E-state index contributed by atoms with van der Waals surface area (Å²) in [6.07, 6.45) is 5.51. The zero-order valence-corrected chi connectivity index (χ0v) is 10.4. The van der Waals surface area contributed by atoms with Crippen LogP contribution in [-0.4, -0.2) is 31.8 Å². The number of nitrogens with one attached hydrogen (secondary N) is 1. The molecule has 0 fully saturated rings. The Morgan fingerprint density at radius 2 is 2.40 bits per heavy atom. The molecule has 1 aromatic rings. The highest BCUT2D eigenvalue weighted by molar-refractivity contribution is 7.84. The Labute approximate surface area is 93.5 Å². The first kappa shape index (κ1) is 12.4. The SMILES string of the molecule is CCn1ccnc1CNCC(C)S(C)=O. The van der Waals surface area contributed by atoms with E-state index in [2.05, 4.69) is 21.8 Å². The molecule has 0 aliphatic carbocycles. The molecule has 2 unspecified atom stereocenters. The highest BCUT2D eigenvalue weighted by atomic mass is 32.2. The number of rotatable bonds is 6. The fourth-order valence-electron chi connectivity index (χ4n) is 1.30. The summed E-state index contributed by atoms with van der Waals surface area (Å²) in [5.74, 6) is 1.03. The second kappa shape index (κ2) is 6.02. The molecule has 0 radical (unpaired) electrons. The van der Waals surface area contributed by atoms with E-state index in [0.29, 0.717) is 0 Å². The van der Waals surface area contributed by atoms with Gasteiger partial charge in [0.25, 0.3) is 0 Å². The first-order valence-corrected chi connectivity index (χ1v) is 6.80. The maximum atomic E-state index is 11.1. The van der Waals surface area contributed by atoms with Crippen LogP contribution in [0.3, 0.4) is 0 Å². The van der Waals surface area contributed by atoms with E-state index >= 15 is 0 Å². The number of aryl methyl sites for hydroxylation is 1. The second-order valence-corrected chi connectivity index (χ2v) is 5.37. The molecule has 0 saturated carbocycles. The van der Waals surface area contributed by atoms with Crippen LogP contribution in [0.25, 0.3) is 0 Å². The lowest BCUT2D eigenvalue weighted by Crippen LogP contribution is -2.28. The Balaban J connectivity index is 2.34. The molecule has 15 heavy (non-hydrogen) atoms. The Bertz CT molecular complexity index is 324. The summed E-state index contributed by atoms with van der Waals surface area (Å²) in [6, 6.07) is 0. The third kappa shape index (κ3) is 3.76. The van der Waals surface area contributed by atoms with Gasteiger partial charge in [0.1, 0.15) is 5.82 Å². The maximum absolute atomic E-state index is 11.1. The molecule has 1 rings (SSSR count). The van der Waals surface area contributed by atoms with Gasteiger partial charge in [0.05, 0.1) is 6.54 Å². The van der Waals surface area contributed by atoms with E-state index in [0.717, 1.165) is 25.5 Å². The summed E-state index contributed by atoms with van der Waals surface area (Å²) in [5.41, 5.74) is 0. The summed E-state index contributed by atoms with van der Waals surface area (Å²) in [4.78, 5) is 4.25. The van der Waals surface area contributed by atoms with Crippen LogP contribution in [0.15, 0.2) is 12.4 Å². The fraction of sp³-hybridized carbons (Fsp3) is 0.700. The topological polar surface area (TPSA) is 46.9 Å². The van der Waals surface area contributed by atoms with Crippen LogP contribution in [0.1, 0.15) is 19.7 Å². The molecule has 1 heterocycles. The van der Waals surface area contributed by atoms with Gasteiger partial charge in [0.15, 0.2) is 0 Å². The molecular formula is C10H19N3OS. The summed E-state index contributed by atoms with van der Waals surface area (Å²) >= 11 is 0. The van der Waals surface area contributed by atoms with Crippen molar-refractivity contribution in [3.05, 3.63) is 18.2 Å². The average molecular weight is 229 g/mol. The zero-order valence-electron chi connectivity index (χ0n) is 9.56. The van der Waals surface area contributed by atoms with Crippen LogP contribution in [0.4, 0.5) is 0 Å². The van der Waals surface area contributed by atoms with E-state index in [1.807, 2.05) is 19.3 Å². The number of hydrogen-bond donors (Lipinski definition) is 1. The molecule has 0 aliphatic rings. The van der Waals surface area contributed by atoms with Gasteiger partial charge in [0.2, 0.25) is 0 Å². The lowest BCUT2D eigenvalue weighted by molar-refractivity contribution is 0.603. The number of imidazole rings is 1. The van der Waals surface area contributed by atoms with Crippen LogP contribution in [-0.2, 0) is 23.9 Å². The molecule has 2 atom stereocenters. The molecule has 0 aromatic carbocycles. The van der Waals surface area contributed by atoms with Crippen molar-refractivity contribution in [1.29, 1.82) is 0 Å². The predicted octanol–water partition coefficient (Wildman–Crippen LogP) is 0.760. The molecule has 1 N–H and O–H groups in total. The Hall–Kier alpha value is -0.680. The van der Waals surface area contributed by atoms with E-state index in [4.69, 9.17) is 0 Å². The smallest absolute Gasteiger partial charge is 0.122 e. The third-order valence-corrected chi connectivity index (χ3v) is 3.72. The summed E-state index contributed by atoms with van der Waals surface area (Å²) in [5, 5.41) is 3.46. The zero-order chi connectivity index (χ0) is 11.3. The van der Waals surface area contributed by atoms with Crippen molar-refractivity contribution in [3.63, 3.8) is 0 Å². The van der Waals surface area contributed by atoms with Crippen LogP contribution < -0.4 is 5.32 Å². The minimum absolute atomic E-state index is 0.190. The molecule has 0 amide bonds. The van der Waals surface area contributed by atoms with Gasteiger partial charge < -0.3 is 9.88 Å². The molecule has 0 bridgehead atoms. The van der Waals surface area contributed by atoms with Gasteiger partial charge in [-0.05, 0) is 13.8 Å². The highest BCUT2D eigenvalue weighted by Gasteiger charge is 2.06. The first-order valence-electron chi connectivity index (χ1n) is 5.18. The van der Waals surface area contributed by atoms with Gasteiger partial charge in [-0.15, -0.1) is 0 Å². The molecular weight excluding hydrogens is 210 g/mol. The Morgan fingerprint density at radius 1 is 1.67 bits per heavy atom. The van der Waals surface area contributed by atoms with Crippen LogP contribution in [0, 0.1) is 0 Å². The molecule has 86 valence electrons. The van der Waals surface area contributed by atoms with E-state index in [1.165, 1.54) is 0 Å². The van der Waals surface area contributed by atoms with Gasteiger partial charge in [-0.2, -0.15) is 0 Å². The van der Waals surface area contributed by atoms with Crippen molar-refractivity contribution >= 4 is 10.8 Å². The predicted molar refractivity (Wildman–Crippen MR) is 63.1 cm³/mol. The quantitative estimate of drug-likeness (QED) is 0.783. The van der Waals surface area contributed by atoms with Crippen molar-refractivity contribution in [2.45, 2.75) is 32.2 Å². The summed E-state index contributed by atoms with van der Waals surface area (Å²) < 4.78 is 13.2. The highest BCUT2D eigenvalue weighted by Crippen LogP contribution is 1.97.